The maximum atomic E-state index is 11.2. The molecule has 3 rings (SSSR count). The number of rotatable bonds is 6. The van der Waals surface area contributed by atoms with Gasteiger partial charge in [-0.1, -0.05) is 37.3 Å². The summed E-state index contributed by atoms with van der Waals surface area (Å²) < 4.78 is 5.94. The van der Waals surface area contributed by atoms with Gasteiger partial charge in [-0.05, 0) is 36.2 Å². The van der Waals surface area contributed by atoms with Crippen molar-refractivity contribution in [3.05, 3.63) is 42.0 Å². The Kier molecular flexibility index (Phi) is 5.56. The van der Waals surface area contributed by atoms with E-state index in [0.717, 1.165) is 28.5 Å². The molecule has 0 amide bonds. The molecule has 5 nitrogen and oxygen atoms in total. The van der Waals surface area contributed by atoms with Crippen molar-refractivity contribution < 1.29 is 19.7 Å². The number of likely N-dealkylation sites (tertiary alicyclic amines) is 1. The zero-order valence-electron chi connectivity index (χ0n) is 14.5. The second kappa shape index (κ2) is 7.85. The number of fused-ring (bicyclic) bond motifs is 1. The monoisotopic (exact) mass is 343 g/mol. The minimum Gasteiger partial charge on any atom is -0.493 e. The predicted octanol–water partition coefficient (Wildman–Crippen LogP) is 2.90. The number of aliphatic hydroxyl groups excluding tert-OH is 1. The normalized spacial score (nSPS) is 21.4. The molecule has 0 aliphatic carbocycles. The highest BCUT2D eigenvalue weighted by atomic mass is 16.5. The molecule has 0 spiro atoms. The number of aliphatic hydroxyl groups is 1. The summed E-state index contributed by atoms with van der Waals surface area (Å²) >= 11 is 0. The van der Waals surface area contributed by atoms with Crippen LogP contribution in [0.5, 0.6) is 5.75 Å². The maximum absolute atomic E-state index is 11.2. The molecule has 0 radical (unpaired) electrons. The van der Waals surface area contributed by atoms with E-state index >= 15 is 0 Å². The molecule has 1 heterocycles. The van der Waals surface area contributed by atoms with Crippen LogP contribution in [0, 0.1) is 5.92 Å². The first-order valence-electron chi connectivity index (χ1n) is 8.86. The van der Waals surface area contributed by atoms with Crippen molar-refractivity contribution in [2.45, 2.75) is 32.4 Å². The second-order valence-electron chi connectivity index (χ2n) is 6.65. The Morgan fingerprint density at radius 1 is 1.28 bits per heavy atom. The van der Waals surface area contributed by atoms with Crippen LogP contribution in [-0.4, -0.2) is 46.9 Å². The fourth-order valence-corrected chi connectivity index (χ4v) is 3.48. The van der Waals surface area contributed by atoms with Crippen LogP contribution in [0.25, 0.3) is 10.8 Å². The molecule has 1 fully saturated rings. The highest BCUT2D eigenvalue weighted by Crippen LogP contribution is 2.31. The van der Waals surface area contributed by atoms with Gasteiger partial charge in [0.2, 0.25) is 0 Å². The lowest BCUT2D eigenvalue weighted by Gasteiger charge is -2.34. The van der Waals surface area contributed by atoms with Crippen molar-refractivity contribution in [1.29, 1.82) is 0 Å². The molecule has 0 bridgehead atoms. The zero-order valence-corrected chi connectivity index (χ0v) is 14.5. The largest absolute Gasteiger partial charge is 0.493 e. The van der Waals surface area contributed by atoms with E-state index in [4.69, 9.17) is 9.84 Å². The standard InChI is InChI=1S/C20H25NO4/c1-2-11-25-19-8-7-14-5-3-4-6-15(14)17(19)12-21-10-9-16(20(23)24)18(22)13-21/h3-8,16,18,22H,2,9-13H2,1H3,(H,23,24)/t16-,18+/m0/s1. The van der Waals surface area contributed by atoms with Gasteiger partial charge >= 0.3 is 5.97 Å². The average Bonchev–Trinajstić information content (AvgIpc) is 2.61. The number of hydrogen-bond donors (Lipinski definition) is 2. The Hall–Kier alpha value is -2.11. The van der Waals surface area contributed by atoms with E-state index in [2.05, 4.69) is 30.0 Å². The molecular weight excluding hydrogens is 318 g/mol. The molecule has 25 heavy (non-hydrogen) atoms. The fourth-order valence-electron chi connectivity index (χ4n) is 3.48. The van der Waals surface area contributed by atoms with Gasteiger partial charge in [0, 0.05) is 18.7 Å². The van der Waals surface area contributed by atoms with E-state index < -0.39 is 18.0 Å². The molecule has 1 aliphatic rings. The third-order valence-electron chi connectivity index (χ3n) is 4.82. The molecule has 2 aromatic rings. The van der Waals surface area contributed by atoms with Gasteiger partial charge in [-0.3, -0.25) is 9.69 Å². The van der Waals surface area contributed by atoms with E-state index in [1.165, 1.54) is 0 Å². The molecule has 2 atom stereocenters. The Balaban J connectivity index is 1.85. The van der Waals surface area contributed by atoms with Gasteiger partial charge in [-0.2, -0.15) is 0 Å². The lowest BCUT2D eigenvalue weighted by Crippen LogP contribution is -2.46. The van der Waals surface area contributed by atoms with Crippen molar-refractivity contribution in [2.75, 3.05) is 19.7 Å². The first kappa shape index (κ1) is 17.7. The van der Waals surface area contributed by atoms with Crippen LogP contribution in [0.4, 0.5) is 0 Å². The van der Waals surface area contributed by atoms with Crippen molar-refractivity contribution in [3.63, 3.8) is 0 Å². The van der Waals surface area contributed by atoms with Gasteiger partial charge < -0.3 is 14.9 Å². The quantitative estimate of drug-likeness (QED) is 0.844. The lowest BCUT2D eigenvalue weighted by atomic mass is 9.93. The molecule has 0 unspecified atom stereocenters. The van der Waals surface area contributed by atoms with Gasteiger partial charge in [0.1, 0.15) is 5.75 Å². The summed E-state index contributed by atoms with van der Waals surface area (Å²) in [5, 5.41) is 21.6. The smallest absolute Gasteiger partial charge is 0.309 e. The SMILES string of the molecule is CCCOc1ccc2ccccc2c1CN1CC[C@H](C(=O)O)[C@H](O)C1. The van der Waals surface area contributed by atoms with E-state index in [-0.39, 0.29) is 0 Å². The van der Waals surface area contributed by atoms with Crippen LogP contribution in [0.3, 0.4) is 0 Å². The van der Waals surface area contributed by atoms with Crippen LogP contribution in [-0.2, 0) is 11.3 Å². The van der Waals surface area contributed by atoms with Crippen molar-refractivity contribution in [3.8, 4) is 5.75 Å². The number of hydrogen-bond acceptors (Lipinski definition) is 4. The summed E-state index contributed by atoms with van der Waals surface area (Å²) in [6.07, 6.45) is 0.572. The third kappa shape index (κ3) is 3.94. The summed E-state index contributed by atoms with van der Waals surface area (Å²) in [5.41, 5.74) is 1.10. The Labute approximate surface area is 147 Å². The van der Waals surface area contributed by atoms with Crippen LogP contribution >= 0.6 is 0 Å². The van der Waals surface area contributed by atoms with Crippen molar-refractivity contribution >= 4 is 16.7 Å². The Morgan fingerprint density at radius 2 is 2.08 bits per heavy atom. The molecule has 2 aromatic carbocycles. The number of ether oxygens (including phenoxy) is 1. The number of nitrogens with zero attached hydrogens (tertiary/aromatic N) is 1. The number of carbonyl (C=O) groups is 1. The van der Waals surface area contributed by atoms with E-state index in [1.54, 1.807) is 0 Å². The number of piperidine rings is 1. The molecule has 0 saturated carbocycles. The highest BCUT2D eigenvalue weighted by molar-refractivity contribution is 5.87. The van der Waals surface area contributed by atoms with Gasteiger partial charge in [-0.25, -0.2) is 0 Å². The topological polar surface area (TPSA) is 70.0 Å². The lowest BCUT2D eigenvalue weighted by molar-refractivity contribution is -0.148. The van der Waals surface area contributed by atoms with Gasteiger partial charge in [-0.15, -0.1) is 0 Å². The summed E-state index contributed by atoms with van der Waals surface area (Å²) in [7, 11) is 0. The van der Waals surface area contributed by atoms with Crippen molar-refractivity contribution in [2.24, 2.45) is 5.92 Å². The number of carboxylic acids is 1. The number of aliphatic carboxylic acids is 1. The fraction of sp³-hybridized carbons (Fsp3) is 0.450. The van der Waals surface area contributed by atoms with Crippen molar-refractivity contribution in [1.82, 2.24) is 4.90 Å². The second-order valence-corrected chi connectivity index (χ2v) is 6.65. The number of carboxylic acid groups (broad SMARTS) is 1. The van der Waals surface area contributed by atoms with Crippen LogP contribution in [0.1, 0.15) is 25.3 Å². The van der Waals surface area contributed by atoms with Crippen LogP contribution in [0.2, 0.25) is 0 Å². The third-order valence-corrected chi connectivity index (χ3v) is 4.82. The minimum atomic E-state index is -0.913. The minimum absolute atomic E-state index is 0.368. The molecule has 134 valence electrons. The van der Waals surface area contributed by atoms with Gasteiger partial charge in [0.15, 0.2) is 0 Å². The molecule has 1 saturated heterocycles. The highest BCUT2D eigenvalue weighted by Gasteiger charge is 2.33. The zero-order chi connectivity index (χ0) is 17.8. The maximum Gasteiger partial charge on any atom is 0.309 e. The van der Waals surface area contributed by atoms with Crippen LogP contribution < -0.4 is 4.74 Å². The average molecular weight is 343 g/mol. The van der Waals surface area contributed by atoms with Gasteiger partial charge in [0.05, 0.1) is 18.6 Å². The first-order valence-corrected chi connectivity index (χ1v) is 8.86. The molecule has 2 N–H and O–H groups in total. The predicted molar refractivity (Wildman–Crippen MR) is 96.8 cm³/mol. The molecular formula is C20H25NO4. The Bertz CT molecular complexity index is 746. The first-order chi connectivity index (χ1) is 12.1. The number of β-amino-alcohol motifs (C(OH)–C–C–N with tert-alkyl or cyclic N) is 1. The molecule has 1 aliphatic heterocycles. The summed E-state index contributed by atoms with van der Waals surface area (Å²) in [5.74, 6) is -0.709. The summed E-state index contributed by atoms with van der Waals surface area (Å²) in [4.78, 5) is 13.3. The van der Waals surface area contributed by atoms with E-state index in [0.29, 0.717) is 32.7 Å². The molecule has 0 aromatic heterocycles. The number of benzene rings is 2. The summed E-state index contributed by atoms with van der Waals surface area (Å²) in [6, 6.07) is 12.3. The Morgan fingerprint density at radius 3 is 2.80 bits per heavy atom. The van der Waals surface area contributed by atoms with E-state index in [1.807, 2.05) is 18.2 Å². The van der Waals surface area contributed by atoms with Crippen LogP contribution in [0.15, 0.2) is 36.4 Å². The van der Waals surface area contributed by atoms with E-state index in [9.17, 15) is 9.90 Å². The van der Waals surface area contributed by atoms with Gasteiger partial charge in [0.25, 0.3) is 0 Å². The summed E-state index contributed by atoms with van der Waals surface area (Å²) in [6.45, 7) is 4.41. The molecule has 5 heteroatoms.